The molecule has 0 spiro atoms. The van der Waals surface area contributed by atoms with Gasteiger partial charge in [-0.3, -0.25) is 5.21 Å². The Labute approximate surface area is 205 Å². The van der Waals surface area contributed by atoms with Crippen molar-refractivity contribution >= 4 is 11.7 Å². The fourth-order valence-corrected chi connectivity index (χ4v) is 6.10. The molecule has 0 N–H and O–H groups in total. The first-order valence-corrected chi connectivity index (χ1v) is 12.8. The van der Waals surface area contributed by atoms with Gasteiger partial charge in [-0.1, -0.05) is 47.6 Å². The van der Waals surface area contributed by atoms with Crippen molar-refractivity contribution in [1.29, 1.82) is 0 Å². The Morgan fingerprint density at radius 1 is 1.29 bits per heavy atom. The second-order valence-electron chi connectivity index (χ2n) is 12.4. The summed E-state index contributed by atoms with van der Waals surface area (Å²) >= 11 is 0. The molecule has 0 saturated heterocycles. The maximum atomic E-state index is 12.6. The highest BCUT2D eigenvalue weighted by Crippen LogP contribution is 2.67. The molecule has 7 heteroatoms. The lowest BCUT2D eigenvalue weighted by Gasteiger charge is -2.42. The second-order valence-corrected chi connectivity index (χ2v) is 12.4. The summed E-state index contributed by atoms with van der Waals surface area (Å²) in [6.45, 7) is 16.1. The summed E-state index contributed by atoms with van der Waals surface area (Å²) in [5.41, 5.74) is 0.878. The molecule has 2 fully saturated rings. The zero-order chi connectivity index (χ0) is 25.3. The van der Waals surface area contributed by atoms with Crippen LogP contribution in [0.3, 0.4) is 0 Å². The van der Waals surface area contributed by atoms with E-state index in [-0.39, 0.29) is 40.3 Å². The molecule has 194 valence electrons. The Bertz CT molecular complexity index is 797. The zero-order valence-electron chi connectivity index (χ0n) is 22.4. The van der Waals surface area contributed by atoms with Crippen LogP contribution in [0.1, 0.15) is 87.0 Å². The predicted molar refractivity (Wildman–Crippen MR) is 131 cm³/mol. The van der Waals surface area contributed by atoms with Crippen molar-refractivity contribution in [2.45, 2.75) is 105 Å². The molecule has 1 heterocycles. The van der Waals surface area contributed by atoms with Gasteiger partial charge in [0.15, 0.2) is 6.29 Å². The molecule has 34 heavy (non-hydrogen) atoms. The quantitative estimate of drug-likeness (QED) is 0.190. The van der Waals surface area contributed by atoms with Crippen LogP contribution in [0.25, 0.3) is 0 Å². The summed E-state index contributed by atoms with van der Waals surface area (Å²) in [5.74, 6) is 0.109. The molecular weight excluding hydrogens is 434 g/mol. The van der Waals surface area contributed by atoms with E-state index in [9.17, 15) is 10.0 Å². The third kappa shape index (κ3) is 5.46. The first-order valence-electron chi connectivity index (χ1n) is 12.8. The van der Waals surface area contributed by atoms with Crippen LogP contribution in [0.5, 0.6) is 0 Å². The van der Waals surface area contributed by atoms with Gasteiger partial charge in [0.1, 0.15) is 0 Å². The smallest absolute Gasteiger partial charge is 0.330 e. The Kier molecular flexibility index (Phi) is 8.08. The number of fused-ring (bicyclic) bond motifs is 2. The summed E-state index contributed by atoms with van der Waals surface area (Å²) < 4.78 is 17.8. The van der Waals surface area contributed by atoms with Gasteiger partial charge >= 0.3 is 5.97 Å². The highest BCUT2D eigenvalue weighted by Gasteiger charge is 2.67. The summed E-state index contributed by atoms with van der Waals surface area (Å²) in [6, 6.07) is 0. The number of hydrogen-bond acceptors (Lipinski definition) is 6. The molecule has 2 bridgehead atoms. The summed E-state index contributed by atoms with van der Waals surface area (Å²) in [7, 11) is 1.37. The van der Waals surface area contributed by atoms with Gasteiger partial charge < -0.3 is 19.0 Å². The molecule has 0 amide bonds. The first-order chi connectivity index (χ1) is 15.8. The monoisotopic (exact) mass is 479 g/mol. The summed E-state index contributed by atoms with van der Waals surface area (Å²) in [6.07, 6.45) is 7.93. The fourth-order valence-electron chi connectivity index (χ4n) is 6.10. The average Bonchev–Trinajstić information content (AvgIpc) is 3.06. The molecule has 3 aliphatic rings. The Balaban J connectivity index is 1.67. The van der Waals surface area contributed by atoms with Crippen molar-refractivity contribution in [2.75, 3.05) is 13.7 Å². The third-order valence-corrected chi connectivity index (χ3v) is 8.65. The maximum absolute atomic E-state index is 12.6. The van der Waals surface area contributed by atoms with E-state index in [2.05, 4.69) is 46.3 Å². The lowest BCUT2D eigenvalue weighted by molar-refractivity contribution is -0.774. The van der Waals surface area contributed by atoms with E-state index in [1.165, 1.54) is 13.2 Å². The molecule has 2 aliphatic carbocycles. The van der Waals surface area contributed by atoms with Crippen molar-refractivity contribution in [1.82, 2.24) is 0 Å². The van der Waals surface area contributed by atoms with E-state index >= 15 is 0 Å². The number of ether oxygens (including phenoxy) is 3. The fraction of sp³-hybridized carbons (Fsp3) is 0.852. The summed E-state index contributed by atoms with van der Waals surface area (Å²) in [4.78, 5) is 17.5. The number of nitrogens with zero attached hydrogens (tertiary/aromatic N) is 1. The molecule has 0 radical (unpaired) electrons. The van der Waals surface area contributed by atoms with Crippen LogP contribution in [0.15, 0.2) is 12.2 Å². The Morgan fingerprint density at radius 2 is 2.00 bits per heavy atom. The molecule has 0 aromatic carbocycles. The minimum absolute atomic E-state index is 0.0157. The number of unbranched alkanes of at least 4 members (excludes halogenated alkanes) is 1. The normalized spacial score (nSPS) is 35.1. The average molecular weight is 480 g/mol. The predicted octanol–water partition coefficient (Wildman–Crippen LogP) is 5.41. The zero-order valence-corrected chi connectivity index (χ0v) is 22.4. The summed E-state index contributed by atoms with van der Waals surface area (Å²) in [5, 5.41) is 12.6. The van der Waals surface area contributed by atoms with Crippen molar-refractivity contribution in [3.05, 3.63) is 17.4 Å². The van der Waals surface area contributed by atoms with Crippen LogP contribution in [0, 0.1) is 33.3 Å². The lowest BCUT2D eigenvalue weighted by atomic mass is 9.70. The van der Waals surface area contributed by atoms with Gasteiger partial charge in [0.05, 0.1) is 25.9 Å². The molecule has 6 atom stereocenters. The lowest BCUT2D eigenvalue weighted by Crippen LogP contribution is -2.47. The number of methoxy groups -OCH3 is 1. The molecule has 0 unspecified atom stereocenters. The topological polar surface area (TPSA) is 80.1 Å². The molecule has 3 rings (SSSR count). The van der Waals surface area contributed by atoms with Crippen molar-refractivity contribution in [3.8, 4) is 0 Å². The number of allylic oxidation sites excluding steroid dienone is 1. The van der Waals surface area contributed by atoms with Gasteiger partial charge in [-0.25, -0.2) is 4.79 Å². The number of rotatable bonds is 9. The van der Waals surface area contributed by atoms with Crippen LogP contribution in [0.2, 0.25) is 0 Å². The van der Waals surface area contributed by atoms with Gasteiger partial charge in [-0.05, 0) is 48.9 Å². The number of carbonyl (C=O) groups excluding carboxylic acids is 1. The standard InChI is InChI=1S/C27H45NO6/c1-18-19(12-10-9-11-13-21(29)31-8)16-22(34-28(18)30)33-23-20-14-15-27(7,26(20,5)6)24(23)32-17-25(2,3)4/h11,13,19-20,22-24H,9-10,12,14-17H2,1-8H3/b13-11-/t19-,20+,22-,23+,24+,27-/m0/s1. The van der Waals surface area contributed by atoms with Gasteiger partial charge in [-0.2, -0.15) is 0 Å². The highest BCUT2D eigenvalue weighted by atomic mass is 16.9. The van der Waals surface area contributed by atoms with Crippen molar-refractivity contribution in [2.24, 2.45) is 28.1 Å². The van der Waals surface area contributed by atoms with E-state index < -0.39 is 6.29 Å². The largest absolute Gasteiger partial charge is 0.466 e. The number of carbonyl (C=O) groups is 1. The molecule has 7 nitrogen and oxygen atoms in total. The third-order valence-electron chi connectivity index (χ3n) is 8.65. The van der Waals surface area contributed by atoms with Crippen LogP contribution in [0.4, 0.5) is 0 Å². The van der Waals surface area contributed by atoms with Gasteiger partial charge in [-0.15, -0.1) is 0 Å². The van der Waals surface area contributed by atoms with E-state index in [1.807, 2.05) is 13.0 Å². The molecule has 0 aromatic heterocycles. The maximum Gasteiger partial charge on any atom is 0.330 e. The number of esters is 1. The van der Waals surface area contributed by atoms with E-state index in [1.54, 1.807) is 0 Å². The Morgan fingerprint density at radius 3 is 2.65 bits per heavy atom. The Hall–Kier alpha value is -1.60. The molecule has 2 saturated carbocycles. The van der Waals surface area contributed by atoms with Crippen LogP contribution in [-0.4, -0.2) is 48.8 Å². The molecule has 1 aliphatic heterocycles. The van der Waals surface area contributed by atoms with Gasteiger partial charge in [0, 0.05) is 35.7 Å². The SMILES string of the molecule is COC(=O)/C=C\CCC[C@H]1C[C@@H](O[C@@H]2[C@H]3CC[C@@](C)([C@@H]2OCC(C)(C)C)C3(C)C)O[N+]([O-])=C1C. The highest BCUT2D eigenvalue weighted by molar-refractivity contribution is 5.81. The number of hydrogen-bond donors (Lipinski definition) is 0. The van der Waals surface area contributed by atoms with Gasteiger partial charge in [0.2, 0.25) is 5.71 Å². The van der Waals surface area contributed by atoms with E-state index in [4.69, 9.17) is 14.3 Å². The van der Waals surface area contributed by atoms with E-state index in [0.29, 0.717) is 29.6 Å². The van der Waals surface area contributed by atoms with E-state index in [0.717, 1.165) is 32.1 Å². The van der Waals surface area contributed by atoms with Gasteiger partial charge in [0.25, 0.3) is 0 Å². The van der Waals surface area contributed by atoms with Crippen molar-refractivity contribution in [3.63, 3.8) is 0 Å². The first kappa shape index (κ1) is 27.0. The minimum Gasteiger partial charge on any atom is -0.466 e. The van der Waals surface area contributed by atoms with Crippen LogP contribution in [-0.2, 0) is 23.8 Å². The van der Waals surface area contributed by atoms with Crippen molar-refractivity contribution < 1.29 is 28.7 Å². The minimum atomic E-state index is -0.582. The van der Waals surface area contributed by atoms with Crippen LogP contribution < -0.4 is 0 Å². The van der Waals surface area contributed by atoms with Crippen LogP contribution >= 0.6 is 0 Å². The molecule has 0 aromatic rings. The second kappa shape index (κ2) is 10.2. The molecular formula is C27H45NO6.